The van der Waals surface area contributed by atoms with Gasteiger partial charge in [-0.25, -0.2) is 9.79 Å². The lowest BCUT2D eigenvalue weighted by Crippen LogP contribution is -2.05. The van der Waals surface area contributed by atoms with Crippen molar-refractivity contribution in [2.75, 3.05) is 0 Å². The summed E-state index contributed by atoms with van der Waals surface area (Å²) < 4.78 is 5.20. The van der Waals surface area contributed by atoms with Crippen molar-refractivity contribution in [2.24, 2.45) is 4.99 Å². The van der Waals surface area contributed by atoms with Crippen LogP contribution in [0.15, 0.2) is 53.4 Å². The Morgan fingerprint density at radius 1 is 1.19 bits per heavy atom. The Balaban J connectivity index is 1.97. The fraction of sp³-hybridized carbons (Fsp3) is 0.118. The fourth-order valence-corrected chi connectivity index (χ4v) is 2.16. The Bertz CT molecular complexity index is 762. The van der Waals surface area contributed by atoms with Gasteiger partial charge in [0.2, 0.25) is 5.90 Å². The molecule has 2 aromatic rings. The van der Waals surface area contributed by atoms with E-state index < -0.39 is 5.97 Å². The lowest BCUT2D eigenvalue weighted by Gasteiger charge is -2.01. The molecule has 0 bridgehead atoms. The molecule has 1 aliphatic rings. The zero-order chi connectivity index (χ0) is 14.8. The molecular formula is C17H14N2O2. The van der Waals surface area contributed by atoms with Gasteiger partial charge in [-0.1, -0.05) is 23.8 Å². The maximum absolute atomic E-state index is 11.9. The third-order valence-corrected chi connectivity index (χ3v) is 3.25. The van der Waals surface area contributed by atoms with Crippen molar-refractivity contribution in [1.82, 2.24) is 4.98 Å². The molecule has 3 rings (SSSR count). The second kappa shape index (κ2) is 5.32. The van der Waals surface area contributed by atoms with E-state index >= 15 is 0 Å². The summed E-state index contributed by atoms with van der Waals surface area (Å²) in [5.74, 6) is -0.141. The first kappa shape index (κ1) is 13.2. The highest BCUT2D eigenvalue weighted by molar-refractivity contribution is 6.12. The van der Waals surface area contributed by atoms with Crippen LogP contribution < -0.4 is 0 Å². The summed E-state index contributed by atoms with van der Waals surface area (Å²) in [6.07, 6.45) is 5.03. The Kier molecular flexibility index (Phi) is 3.36. The summed E-state index contributed by atoms with van der Waals surface area (Å²) in [7, 11) is 0. The zero-order valence-electron chi connectivity index (χ0n) is 11.8. The van der Waals surface area contributed by atoms with Crippen molar-refractivity contribution in [3.8, 4) is 0 Å². The average molecular weight is 278 g/mol. The van der Waals surface area contributed by atoms with Gasteiger partial charge in [-0.15, -0.1) is 0 Å². The smallest absolute Gasteiger partial charge is 0.363 e. The molecule has 0 atom stereocenters. The molecule has 2 heterocycles. The molecule has 4 heteroatoms. The van der Waals surface area contributed by atoms with Crippen molar-refractivity contribution in [3.05, 3.63) is 70.7 Å². The number of rotatable bonds is 2. The van der Waals surface area contributed by atoms with Crippen LogP contribution in [0.25, 0.3) is 6.08 Å². The SMILES string of the molecule is Cc1ccc(/C=C2\N=C(c3cccnc3)OC2=O)c(C)c1. The van der Waals surface area contributed by atoms with Crippen molar-refractivity contribution >= 4 is 17.9 Å². The van der Waals surface area contributed by atoms with Gasteiger partial charge in [0.25, 0.3) is 0 Å². The minimum absolute atomic E-state index is 0.295. The first-order valence-electron chi connectivity index (χ1n) is 6.64. The lowest BCUT2D eigenvalue weighted by molar-refractivity contribution is -0.129. The lowest BCUT2D eigenvalue weighted by atomic mass is 10.0. The fourth-order valence-electron chi connectivity index (χ4n) is 2.16. The molecule has 0 aliphatic carbocycles. The molecule has 0 saturated heterocycles. The van der Waals surface area contributed by atoms with Gasteiger partial charge in [-0.3, -0.25) is 4.98 Å². The predicted molar refractivity (Wildman–Crippen MR) is 80.8 cm³/mol. The average Bonchev–Trinajstić information content (AvgIpc) is 2.84. The van der Waals surface area contributed by atoms with Gasteiger partial charge >= 0.3 is 5.97 Å². The summed E-state index contributed by atoms with van der Waals surface area (Å²) in [6, 6.07) is 9.63. The zero-order valence-corrected chi connectivity index (χ0v) is 11.8. The number of aromatic nitrogens is 1. The molecule has 0 radical (unpaired) electrons. The van der Waals surface area contributed by atoms with E-state index in [0.717, 1.165) is 11.1 Å². The van der Waals surface area contributed by atoms with E-state index in [4.69, 9.17) is 4.74 Å². The molecule has 4 nitrogen and oxygen atoms in total. The van der Waals surface area contributed by atoms with Gasteiger partial charge < -0.3 is 4.74 Å². The number of carbonyl (C=O) groups is 1. The van der Waals surface area contributed by atoms with Gasteiger partial charge in [0.15, 0.2) is 5.70 Å². The number of pyridine rings is 1. The number of carbonyl (C=O) groups excluding carboxylic acids is 1. The van der Waals surface area contributed by atoms with Crippen LogP contribution >= 0.6 is 0 Å². The van der Waals surface area contributed by atoms with Crippen molar-refractivity contribution < 1.29 is 9.53 Å². The Morgan fingerprint density at radius 2 is 2.05 bits per heavy atom. The van der Waals surface area contributed by atoms with Gasteiger partial charge in [0.1, 0.15) is 0 Å². The highest BCUT2D eigenvalue weighted by Crippen LogP contribution is 2.20. The van der Waals surface area contributed by atoms with Crippen LogP contribution in [0.2, 0.25) is 0 Å². The van der Waals surface area contributed by atoms with E-state index in [9.17, 15) is 4.79 Å². The minimum Gasteiger partial charge on any atom is -0.402 e. The number of benzene rings is 1. The Hall–Kier alpha value is -2.75. The molecule has 1 aromatic carbocycles. The van der Waals surface area contributed by atoms with E-state index in [2.05, 4.69) is 16.0 Å². The predicted octanol–water partition coefficient (Wildman–Crippen LogP) is 3.04. The van der Waals surface area contributed by atoms with Crippen molar-refractivity contribution in [1.29, 1.82) is 0 Å². The van der Waals surface area contributed by atoms with Crippen LogP contribution in [-0.2, 0) is 9.53 Å². The summed E-state index contributed by atoms with van der Waals surface area (Å²) in [4.78, 5) is 20.2. The Morgan fingerprint density at radius 3 is 2.76 bits per heavy atom. The highest BCUT2D eigenvalue weighted by Gasteiger charge is 2.24. The number of cyclic esters (lactones) is 1. The molecule has 1 aliphatic heterocycles. The molecule has 0 amide bonds. The first-order chi connectivity index (χ1) is 10.1. The standard InChI is InChI=1S/C17H14N2O2/c1-11-5-6-13(12(2)8-11)9-15-17(20)21-16(19-15)14-4-3-7-18-10-14/h3-10H,1-2H3/b15-9-. The third-order valence-electron chi connectivity index (χ3n) is 3.25. The van der Waals surface area contributed by atoms with Gasteiger partial charge in [-0.2, -0.15) is 0 Å². The maximum atomic E-state index is 11.9. The summed E-state index contributed by atoms with van der Waals surface area (Å²) >= 11 is 0. The number of ether oxygens (including phenoxy) is 1. The summed E-state index contributed by atoms with van der Waals surface area (Å²) in [5.41, 5.74) is 4.24. The maximum Gasteiger partial charge on any atom is 0.363 e. The largest absolute Gasteiger partial charge is 0.402 e. The van der Waals surface area contributed by atoms with Gasteiger partial charge in [0.05, 0.1) is 5.56 Å². The van der Waals surface area contributed by atoms with E-state index in [0.29, 0.717) is 17.2 Å². The number of aryl methyl sites for hydroxylation is 2. The number of hydrogen-bond donors (Lipinski definition) is 0. The summed E-state index contributed by atoms with van der Waals surface area (Å²) in [6.45, 7) is 4.04. The highest BCUT2D eigenvalue weighted by atomic mass is 16.6. The summed E-state index contributed by atoms with van der Waals surface area (Å²) in [5, 5.41) is 0. The van der Waals surface area contributed by atoms with Crippen LogP contribution in [0.1, 0.15) is 22.3 Å². The molecule has 104 valence electrons. The molecule has 21 heavy (non-hydrogen) atoms. The number of esters is 1. The van der Waals surface area contributed by atoms with Crippen LogP contribution in [0.5, 0.6) is 0 Å². The Labute approximate surface area is 122 Å². The monoisotopic (exact) mass is 278 g/mol. The van der Waals surface area contributed by atoms with Crippen LogP contribution in [0.3, 0.4) is 0 Å². The van der Waals surface area contributed by atoms with Gasteiger partial charge in [-0.05, 0) is 43.2 Å². The molecular weight excluding hydrogens is 264 g/mol. The van der Waals surface area contributed by atoms with E-state index in [1.54, 1.807) is 30.6 Å². The molecule has 0 spiro atoms. The second-order valence-electron chi connectivity index (χ2n) is 4.94. The molecule has 0 N–H and O–H groups in total. The minimum atomic E-state index is -0.436. The van der Waals surface area contributed by atoms with E-state index in [1.165, 1.54) is 5.56 Å². The topological polar surface area (TPSA) is 51.6 Å². The van der Waals surface area contributed by atoms with Crippen molar-refractivity contribution in [3.63, 3.8) is 0 Å². The molecule has 0 saturated carbocycles. The normalized spacial score (nSPS) is 16.0. The van der Waals surface area contributed by atoms with Gasteiger partial charge in [0, 0.05) is 12.4 Å². The van der Waals surface area contributed by atoms with E-state index in [1.807, 2.05) is 26.0 Å². The number of hydrogen-bond acceptors (Lipinski definition) is 4. The number of aliphatic imine (C=N–C) groups is 1. The number of nitrogens with zero attached hydrogens (tertiary/aromatic N) is 2. The molecule has 0 fully saturated rings. The quantitative estimate of drug-likeness (QED) is 0.626. The van der Waals surface area contributed by atoms with Crippen LogP contribution in [-0.4, -0.2) is 16.9 Å². The second-order valence-corrected chi connectivity index (χ2v) is 4.94. The van der Waals surface area contributed by atoms with Crippen LogP contribution in [0, 0.1) is 13.8 Å². The molecule has 0 unspecified atom stereocenters. The third kappa shape index (κ3) is 2.74. The van der Waals surface area contributed by atoms with E-state index in [-0.39, 0.29) is 0 Å². The van der Waals surface area contributed by atoms with Crippen LogP contribution in [0.4, 0.5) is 0 Å². The first-order valence-corrected chi connectivity index (χ1v) is 6.64. The van der Waals surface area contributed by atoms with Crippen molar-refractivity contribution in [2.45, 2.75) is 13.8 Å². The molecule has 1 aromatic heterocycles.